The van der Waals surface area contributed by atoms with Gasteiger partial charge >= 0.3 is 0 Å². The molecule has 0 aromatic heterocycles. The van der Waals surface area contributed by atoms with Gasteiger partial charge in [-0.2, -0.15) is 0 Å². The summed E-state index contributed by atoms with van der Waals surface area (Å²) in [7, 11) is 0. The highest BCUT2D eigenvalue weighted by molar-refractivity contribution is 6.31. The molecule has 1 nitrogen and oxygen atoms in total. The SMILES string of the molecule is OC(Cc1cccc(F)c1Cl)C1CCC(F)(F)CC1. The Labute approximate surface area is 115 Å². The first-order valence-corrected chi connectivity index (χ1v) is 6.75. The molecule has 1 aromatic carbocycles. The Morgan fingerprint density at radius 2 is 1.95 bits per heavy atom. The topological polar surface area (TPSA) is 20.2 Å². The van der Waals surface area contributed by atoms with Crippen molar-refractivity contribution in [3.05, 3.63) is 34.6 Å². The predicted octanol–water partition coefficient (Wildman–Crippen LogP) is 4.21. The molecule has 0 bridgehead atoms. The second kappa shape index (κ2) is 5.71. The van der Waals surface area contributed by atoms with Crippen LogP contribution in [0.4, 0.5) is 13.2 Å². The van der Waals surface area contributed by atoms with Gasteiger partial charge in [0.05, 0.1) is 11.1 Å². The molecule has 1 saturated carbocycles. The van der Waals surface area contributed by atoms with E-state index in [1.807, 2.05) is 0 Å². The van der Waals surface area contributed by atoms with Crippen molar-refractivity contribution in [2.24, 2.45) is 5.92 Å². The van der Waals surface area contributed by atoms with E-state index >= 15 is 0 Å². The first kappa shape index (κ1) is 14.7. The molecule has 1 aliphatic rings. The van der Waals surface area contributed by atoms with Crippen LogP contribution >= 0.6 is 11.6 Å². The molecule has 0 amide bonds. The number of aliphatic hydroxyl groups excluding tert-OH is 1. The Bertz CT molecular complexity index is 440. The summed E-state index contributed by atoms with van der Waals surface area (Å²) in [6.07, 6.45) is -0.345. The van der Waals surface area contributed by atoms with E-state index in [9.17, 15) is 18.3 Å². The Hall–Kier alpha value is -0.740. The minimum Gasteiger partial charge on any atom is -0.392 e. The highest BCUT2D eigenvalue weighted by atomic mass is 35.5. The van der Waals surface area contributed by atoms with Crippen LogP contribution in [-0.2, 0) is 6.42 Å². The summed E-state index contributed by atoms with van der Waals surface area (Å²) < 4.78 is 39.3. The van der Waals surface area contributed by atoms with E-state index in [1.54, 1.807) is 6.07 Å². The summed E-state index contributed by atoms with van der Waals surface area (Å²) in [5.74, 6) is -3.30. The van der Waals surface area contributed by atoms with Gasteiger partial charge in [-0.25, -0.2) is 13.2 Å². The number of alkyl halides is 2. The van der Waals surface area contributed by atoms with E-state index in [0.717, 1.165) is 0 Å². The molecule has 1 unspecified atom stereocenters. The molecule has 0 aliphatic heterocycles. The zero-order valence-electron chi connectivity index (χ0n) is 10.4. The molecule has 0 radical (unpaired) electrons. The second-order valence-electron chi connectivity index (χ2n) is 5.18. The minimum absolute atomic E-state index is 0.00249. The first-order valence-electron chi connectivity index (χ1n) is 6.38. The van der Waals surface area contributed by atoms with Crippen LogP contribution in [0.3, 0.4) is 0 Å². The molecule has 19 heavy (non-hydrogen) atoms. The van der Waals surface area contributed by atoms with E-state index in [0.29, 0.717) is 18.4 Å². The van der Waals surface area contributed by atoms with E-state index in [-0.39, 0.29) is 30.2 Å². The van der Waals surface area contributed by atoms with Crippen LogP contribution in [0.1, 0.15) is 31.2 Å². The van der Waals surface area contributed by atoms with Gasteiger partial charge in [0.15, 0.2) is 0 Å². The van der Waals surface area contributed by atoms with Gasteiger partial charge in [-0.05, 0) is 30.4 Å². The highest BCUT2D eigenvalue weighted by Gasteiger charge is 2.37. The third kappa shape index (κ3) is 3.63. The molecule has 1 N–H and O–H groups in total. The van der Waals surface area contributed by atoms with Crippen molar-refractivity contribution in [3.8, 4) is 0 Å². The predicted molar refractivity (Wildman–Crippen MR) is 68.0 cm³/mol. The first-order chi connectivity index (χ1) is 8.89. The lowest BCUT2D eigenvalue weighted by Crippen LogP contribution is -2.32. The zero-order valence-corrected chi connectivity index (χ0v) is 11.1. The van der Waals surface area contributed by atoms with E-state index in [2.05, 4.69) is 0 Å². The summed E-state index contributed by atoms with van der Waals surface area (Å²) in [5.41, 5.74) is 0.520. The molecule has 0 saturated heterocycles. The lowest BCUT2D eigenvalue weighted by Gasteiger charge is -2.31. The molecule has 1 atom stereocenters. The van der Waals surface area contributed by atoms with Crippen molar-refractivity contribution < 1.29 is 18.3 Å². The van der Waals surface area contributed by atoms with Crippen LogP contribution in [0.2, 0.25) is 5.02 Å². The Kier molecular flexibility index (Phi) is 4.41. The quantitative estimate of drug-likeness (QED) is 0.885. The third-order valence-corrected chi connectivity index (χ3v) is 4.19. The molecule has 5 heteroatoms. The van der Waals surface area contributed by atoms with Crippen LogP contribution in [0.15, 0.2) is 18.2 Å². The lowest BCUT2D eigenvalue weighted by molar-refractivity contribution is -0.0619. The van der Waals surface area contributed by atoms with Crippen molar-refractivity contribution in [2.75, 3.05) is 0 Å². The van der Waals surface area contributed by atoms with E-state index < -0.39 is 17.8 Å². The van der Waals surface area contributed by atoms with Crippen LogP contribution in [0.5, 0.6) is 0 Å². The minimum atomic E-state index is -2.60. The van der Waals surface area contributed by atoms with Crippen molar-refractivity contribution in [1.82, 2.24) is 0 Å². The van der Waals surface area contributed by atoms with E-state index in [1.165, 1.54) is 12.1 Å². The molecule has 1 fully saturated rings. The average Bonchev–Trinajstić information content (AvgIpc) is 2.35. The molecule has 1 aromatic rings. The number of halogens is 4. The van der Waals surface area contributed by atoms with Crippen LogP contribution < -0.4 is 0 Å². The maximum atomic E-state index is 13.3. The Balaban J connectivity index is 1.98. The summed E-state index contributed by atoms with van der Waals surface area (Å²) in [4.78, 5) is 0. The molecule has 0 heterocycles. The highest BCUT2D eigenvalue weighted by Crippen LogP contribution is 2.38. The molecular weight excluding hydrogens is 277 g/mol. The monoisotopic (exact) mass is 292 g/mol. The van der Waals surface area contributed by atoms with Gasteiger partial charge in [0.25, 0.3) is 0 Å². The summed E-state index contributed by atoms with van der Waals surface area (Å²) in [6, 6.07) is 4.42. The number of hydrogen-bond donors (Lipinski definition) is 1. The summed E-state index contributed by atoms with van der Waals surface area (Å²) >= 11 is 5.82. The summed E-state index contributed by atoms with van der Waals surface area (Å²) in [5, 5.41) is 10.1. The van der Waals surface area contributed by atoms with Crippen molar-refractivity contribution >= 4 is 11.6 Å². The van der Waals surface area contributed by atoms with Gasteiger partial charge in [-0.15, -0.1) is 0 Å². The fourth-order valence-corrected chi connectivity index (χ4v) is 2.75. The van der Waals surface area contributed by atoms with Crippen molar-refractivity contribution in [3.63, 3.8) is 0 Å². The second-order valence-corrected chi connectivity index (χ2v) is 5.56. The van der Waals surface area contributed by atoms with Crippen molar-refractivity contribution in [1.29, 1.82) is 0 Å². The maximum absolute atomic E-state index is 13.3. The number of rotatable bonds is 3. The smallest absolute Gasteiger partial charge is 0.248 e. The Morgan fingerprint density at radius 3 is 2.58 bits per heavy atom. The lowest BCUT2D eigenvalue weighted by atomic mass is 9.81. The fraction of sp³-hybridized carbons (Fsp3) is 0.571. The van der Waals surface area contributed by atoms with Gasteiger partial charge < -0.3 is 5.11 Å². The van der Waals surface area contributed by atoms with Crippen LogP contribution in [0, 0.1) is 11.7 Å². The van der Waals surface area contributed by atoms with Crippen molar-refractivity contribution in [2.45, 2.75) is 44.1 Å². The molecule has 0 spiro atoms. The van der Waals surface area contributed by atoms with Gasteiger partial charge in [0.1, 0.15) is 5.82 Å². The van der Waals surface area contributed by atoms with E-state index in [4.69, 9.17) is 11.6 Å². The fourth-order valence-electron chi connectivity index (χ4n) is 2.55. The van der Waals surface area contributed by atoms with Crippen LogP contribution in [0.25, 0.3) is 0 Å². The largest absolute Gasteiger partial charge is 0.392 e. The van der Waals surface area contributed by atoms with Gasteiger partial charge in [0, 0.05) is 19.3 Å². The molecular formula is C14H16ClF3O. The molecule has 106 valence electrons. The molecule has 2 rings (SSSR count). The number of benzene rings is 1. The van der Waals surface area contributed by atoms with Gasteiger partial charge in [0.2, 0.25) is 5.92 Å². The Morgan fingerprint density at radius 1 is 1.32 bits per heavy atom. The normalized spacial score (nSPS) is 21.3. The van der Waals surface area contributed by atoms with Gasteiger partial charge in [-0.1, -0.05) is 23.7 Å². The number of hydrogen-bond acceptors (Lipinski definition) is 1. The maximum Gasteiger partial charge on any atom is 0.248 e. The standard InChI is InChI=1S/C14H16ClF3O/c15-13-10(2-1-3-11(13)16)8-12(19)9-4-6-14(17,18)7-5-9/h1-3,9,12,19H,4-8H2. The summed E-state index contributed by atoms with van der Waals surface area (Å²) in [6.45, 7) is 0. The average molecular weight is 293 g/mol. The third-order valence-electron chi connectivity index (χ3n) is 3.77. The van der Waals surface area contributed by atoms with Crippen LogP contribution in [-0.4, -0.2) is 17.1 Å². The van der Waals surface area contributed by atoms with Gasteiger partial charge in [-0.3, -0.25) is 0 Å². The number of aliphatic hydroxyl groups is 1. The zero-order chi connectivity index (χ0) is 14.0. The molecule has 1 aliphatic carbocycles.